The van der Waals surface area contributed by atoms with Crippen LogP contribution in [0.15, 0.2) is 24.3 Å². The van der Waals surface area contributed by atoms with Gasteiger partial charge in [-0.15, -0.1) is 0 Å². The van der Waals surface area contributed by atoms with Gasteiger partial charge in [0.25, 0.3) is 6.43 Å². The summed E-state index contributed by atoms with van der Waals surface area (Å²) < 4.78 is 24.5. The van der Waals surface area contributed by atoms with E-state index >= 15 is 0 Å². The number of alkyl halides is 2. The number of carboxylic acid groups (broad SMARTS) is 1. The first kappa shape index (κ1) is 12.7. The molecule has 0 aliphatic carbocycles. The number of nitrogens with zero attached hydrogens (tertiary/aromatic N) is 1. The van der Waals surface area contributed by atoms with Crippen LogP contribution in [-0.2, 0) is 4.79 Å². The van der Waals surface area contributed by atoms with E-state index in [2.05, 4.69) is 0 Å². The van der Waals surface area contributed by atoms with Gasteiger partial charge in [0.2, 0.25) is 0 Å². The second-order valence-electron chi connectivity index (χ2n) is 3.15. The highest BCUT2D eigenvalue weighted by Gasteiger charge is 2.15. The lowest BCUT2D eigenvalue weighted by Gasteiger charge is -2.22. The van der Waals surface area contributed by atoms with Crippen LogP contribution in [0.25, 0.3) is 0 Å². The third-order valence-corrected chi connectivity index (χ3v) is 2.09. The minimum Gasteiger partial charge on any atom is -0.480 e. The fourth-order valence-electron chi connectivity index (χ4n) is 1.26. The molecule has 0 radical (unpaired) electrons. The van der Waals surface area contributed by atoms with Gasteiger partial charge in [0.15, 0.2) is 0 Å². The number of anilines is 1. The van der Waals surface area contributed by atoms with Crippen molar-refractivity contribution >= 4 is 23.3 Å². The number of carbonyl (C=O) groups is 1. The fraction of sp³-hybridized carbons (Fsp3) is 0.300. The topological polar surface area (TPSA) is 40.5 Å². The summed E-state index contributed by atoms with van der Waals surface area (Å²) in [7, 11) is 0. The van der Waals surface area contributed by atoms with Gasteiger partial charge in [-0.3, -0.25) is 4.79 Å². The lowest BCUT2D eigenvalue weighted by molar-refractivity contribution is -0.135. The third kappa shape index (κ3) is 4.02. The SMILES string of the molecule is O=C(O)CN(CC(F)F)c1cccc(Cl)c1. The molecule has 1 aromatic carbocycles. The van der Waals surface area contributed by atoms with Crippen LogP contribution < -0.4 is 4.90 Å². The molecule has 0 unspecified atom stereocenters. The maximum atomic E-state index is 12.3. The molecule has 6 heteroatoms. The van der Waals surface area contributed by atoms with E-state index in [0.717, 1.165) is 4.90 Å². The molecule has 3 nitrogen and oxygen atoms in total. The maximum absolute atomic E-state index is 12.3. The van der Waals surface area contributed by atoms with Crippen LogP contribution >= 0.6 is 11.6 Å². The van der Waals surface area contributed by atoms with Gasteiger partial charge >= 0.3 is 5.97 Å². The molecule has 16 heavy (non-hydrogen) atoms. The zero-order valence-electron chi connectivity index (χ0n) is 8.24. The molecule has 0 spiro atoms. The Morgan fingerprint density at radius 3 is 2.69 bits per heavy atom. The van der Waals surface area contributed by atoms with E-state index < -0.39 is 25.5 Å². The maximum Gasteiger partial charge on any atom is 0.323 e. The highest BCUT2D eigenvalue weighted by atomic mass is 35.5. The van der Waals surface area contributed by atoms with Gasteiger partial charge in [0.05, 0.1) is 6.54 Å². The van der Waals surface area contributed by atoms with Crippen molar-refractivity contribution in [1.82, 2.24) is 0 Å². The first-order valence-corrected chi connectivity index (χ1v) is 4.87. The van der Waals surface area contributed by atoms with E-state index in [1.54, 1.807) is 12.1 Å². The van der Waals surface area contributed by atoms with Crippen LogP contribution in [0.4, 0.5) is 14.5 Å². The minimum absolute atomic E-state index is 0.371. The summed E-state index contributed by atoms with van der Waals surface area (Å²) >= 11 is 5.70. The summed E-state index contributed by atoms with van der Waals surface area (Å²) in [4.78, 5) is 11.6. The molecule has 0 saturated heterocycles. The van der Waals surface area contributed by atoms with Gasteiger partial charge < -0.3 is 10.0 Å². The highest BCUT2D eigenvalue weighted by molar-refractivity contribution is 6.30. The zero-order chi connectivity index (χ0) is 12.1. The largest absolute Gasteiger partial charge is 0.480 e. The van der Waals surface area contributed by atoms with Crippen molar-refractivity contribution in [2.24, 2.45) is 0 Å². The Morgan fingerprint density at radius 2 is 2.19 bits per heavy atom. The van der Waals surface area contributed by atoms with E-state index in [4.69, 9.17) is 16.7 Å². The second kappa shape index (κ2) is 5.65. The molecule has 88 valence electrons. The molecule has 0 aliphatic heterocycles. The standard InChI is InChI=1S/C10H10ClF2NO2/c11-7-2-1-3-8(4-7)14(5-9(12)13)6-10(15)16/h1-4,9H,5-6H2,(H,15,16). The van der Waals surface area contributed by atoms with Crippen molar-refractivity contribution in [2.75, 3.05) is 18.0 Å². The number of aliphatic carboxylic acids is 1. The lowest BCUT2D eigenvalue weighted by Crippen LogP contribution is -2.33. The molecule has 0 aliphatic rings. The van der Waals surface area contributed by atoms with Crippen LogP contribution in [0.3, 0.4) is 0 Å². The van der Waals surface area contributed by atoms with Gasteiger partial charge in [-0.25, -0.2) is 8.78 Å². The van der Waals surface area contributed by atoms with E-state index in [-0.39, 0.29) is 0 Å². The molecule has 0 heterocycles. The molecule has 0 aromatic heterocycles. The molecule has 1 aromatic rings. The Kier molecular flexibility index (Phi) is 4.49. The summed E-state index contributed by atoms with van der Waals surface area (Å²) in [5.74, 6) is -1.17. The Morgan fingerprint density at radius 1 is 1.50 bits per heavy atom. The summed E-state index contributed by atoms with van der Waals surface area (Å²) in [6.45, 7) is -1.11. The molecular formula is C10H10ClF2NO2. The first-order valence-electron chi connectivity index (χ1n) is 4.49. The van der Waals surface area contributed by atoms with Crippen molar-refractivity contribution in [3.63, 3.8) is 0 Å². The highest BCUT2D eigenvalue weighted by Crippen LogP contribution is 2.20. The number of benzene rings is 1. The zero-order valence-corrected chi connectivity index (χ0v) is 8.99. The van der Waals surface area contributed by atoms with Crippen LogP contribution in [0.1, 0.15) is 0 Å². The molecule has 0 amide bonds. The molecule has 1 rings (SSSR count). The molecule has 0 saturated carbocycles. The van der Waals surface area contributed by atoms with Crippen molar-refractivity contribution in [3.8, 4) is 0 Å². The average molecular weight is 250 g/mol. The van der Waals surface area contributed by atoms with Crippen LogP contribution in [0.2, 0.25) is 5.02 Å². The normalized spacial score (nSPS) is 10.5. The van der Waals surface area contributed by atoms with Gasteiger partial charge in [0, 0.05) is 10.7 Å². The van der Waals surface area contributed by atoms with Crippen molar-refractivity contribution < 1.29 is 18.7 Å². The van der Waals surface area contributed by atoms with Gasteiger partial charge in [-0.2, -0.15) is 0 Å². The smallest absolute Gasteiger partial charge is 0.323 e. The molecule has 0 fully saturated rings. The molecule has 1 N–H and O–H groups in total. The lowest BCUT2D eigenvalue weighted by atomic mass is 10.3. The summed E-state index contributed by atoms with van der Waals surface area (Å²) in [5, 5.41) is 8.98. The van der Waals surface area contributed by atoms with E-state index in [1.807, 2.05) is 0 Å². The van der Waals surface area contributed by atoms with Crippen molar-refractivity contribution in [2.45, 2.75) is 6.43 Å². The first-order chi connectivity index (χ1) is 7.49. The monoisotopic (exact) mass is 249 g/mol. The fourth-order valence-corrected chi connectivity index (χ4v) is 1.45. The van der Waals surface area contributed by atoms with Crippen molar-refractivity contribution in [1.29, 1.82) is 0 Å². The Labute approximate surface area is 96.2 Å². The second-order valence-corrected chi connectivity index (χ2v) is 3.58. The third-order valence-electron chi connectivity index (χ3n) is 1.86. The molecule has 0 bridgehead atoms. The van der Waals surface area contributed by atoms with Crippen LogP contribution in [-0.4, -0.2) is 30.6 Å². The predicted molar refractivity (Wildman–Crippen MR) is 57.3 cm³/mol. The molecular weight excluding hydrogens is 240 g/mol. The quantitative estimate of drug-likeness (QED) is 0.872. The van der Waals surface area contributed by atoms with E-state index in [9.17, 15) is 13.6 Å². The van der Waals surface area contributed by atoms with Crippen molar-refractivity contribution in [3.05, 3.63) is 29.3 Å². The Balaban J connectivity index is 2.86. The Bertz CT molecular complexity index is 374. The summed E-state index contributed by atoms with van der Waals surface area (Å²) in [6.07, 6.45) is -2.60. The number of carboxylic acids is 1. The number of hydrogen-bond acceptors (Lipinski definition) is 2. The van der Waals surface area contributed by atoms with Crippen LogP contribution in [0.5, 0.6) is 0 Å². The number of hydrogen-bond donors (Lipinski definition) is 1. The van der Waals surface area contributed by atoms with E-state index in [0.29, 0.717) is 10.7 Å². The predicted octanol–water partition coefficient (Wildman–Crippen LogP) is 2.50. The van der Waals surface area contributed by atoms with Gasteiger partial charge in [-0.05, 0) is 18.2 Å². The number of rotatable bonds is 5. The Hall–Kier alpha value is -1.36. The van der Waals surface area contributed by atoms with Gasteiger partial charge in [0.1, 0.15) is 6.54 Å². The van der Waals surface area contributed by atoms with Crippen LogP contribution in [0, 0.1) is 0 Å². The van der Waals surface area contributed by atoms with Gasteiger partial charge in [-0.1, -0.05) is 17.7 Å². The minimum atomic E-state index is -2.60. The average Bonchev–Trinajstić information content (AvgIpc) is 2.15. The summed E-state index contributed by atoms with van der Waals surface area (Å²) in [5.41, 5.74) is 0.371. The summed E-state index contributed by atoms with van der Waals surface area (Å²) in [6, 6.07) is 6.16. The van der Waals surface area contributed by atoms with E-state index in [1.165, 1.54) is 12.1 Å². The molecule has 0 atom stereocenters. The number of halogens is 3.